The van der Waals surface area contributed by atoms with Gasteiger partial charge in [0.05, 0.1) is 5.56 Å². The fourth-order valence-corrected chi connectivity index (χ4v) is 2.81. The molecule has 3 nitrogen and oxygen atoms in total. The molecule has 0 aliphatic carbocycles. The quantitative estimate of drug-likeness (QED) is 0.774. The van der Waals surface area contributed by atoms with Gasteiger partial charge in [-0.1, -0.05) is 12.1 Å². The van der Waals surface area contributed by atoms with Gasteiger partial charge in [0.2, 0.25) is 0 Å². The van der Waals surface area contributed by atoms with Crippen LogP contribution in [0.25, 0.3) is 0 Å². The number of fused-ring (bicyclic) bond motifs is 1. The van der Waals surface area contributed by atoms with E-state index < -0.39 is 23.5 Å². The number of benzene rings is 2. The third kappa shape index (κ3) is 3.75. The summed E-state index contributed by atoms with van der Waals surface area (Å²) < 4.78 is 57.2. The molecule has 1 aliphatic rings. The van der Waals surface area contributed by atoms with Crippen molar-refractivity contribution in [3.8, 4) is 5.75 Å². The van der Waals surface area contributed by atoms with Gasteiger partial charge in [0.25, 0.3) is 5.91 Å². The van der Waals surface area contributed by atoms with E-state index in [1.54, 1.807) is 6.07 Å². The Hall–Kier alpha value is -2.57. The molecule has 25 heavy (non-hydrogen) atoms. The number of carbonyl (C=O) groups is 1. The summed E-state index contributed by atoms with van der Waals surface area (Å²) in [6.07, 6.45) is -3.40. The number of anilines is 1. The molecule has 1 amide bonds. The van der Waals surface area contributed by atoms with Crippen LogP contribution in [0.5, 0.6) is 5.75 Å². The Morgan fingerprint density at radius 2 is 1.92 bits per heavy atom. The first-order chi connectivity index (χ1) is 11.9. The minimum Gasteiger partial charge on any atom is -0.481 e. The molecule has 132 valence electrons. The molecule has 0 saturated heterocycles. The summed E-state index contributed by atoms with van der Waals surface area (Å²) in [4.78, 5) is 13.8. The van der Waals surface area contributed by atoms with Crippen molar-refractivity contribution >= 4 is 11.6 Å². The van der Waals surface area contributed by atoms with Crippen LogP contribution in [-0.4, -0.2) is 19.1 Å². The van der Waals surface area contributed by atoms with E-state index in [0.29, 0.717) is 30.6 Å². The molecule has 0 N–H and O–H groups in total. The first-order valence-corrected chi connectivity index (χ1v) is 7.74. The summed E-state index contributed by atoms with van der Waals surface area (Å²) in [6, 6.07) is 9.05. The third-order valence-electron chi connectivity index (χ3n) is 4.01. The second-order valence-corrected chi connectivity index (χ2v) is 5.71. The minimum absolute atomic E-state index is 0.0412. The predicted molar refractivity (Wildman–Crippen MR) is 84.0 cm³/mol. The normalized spacial score (nSPS) is 14.2. The number of ether oxygens (including phenoxy) is 1. The largest absolute Gasteiger partial charge is 0.481 e. The van der Waals surface area contributed by atoms with Crippen LogP contribution in [0, 0.1) is 5.82 Å². The van der Waals surface area contributed by atoms with Crippen LogP contribution in [0.15, 0.2) is 42.5 Å². The topological polar surface area (TPSA) is 29.5 Å². The van der Waals surface area contributed by atoms with Crippen molar-refractivity contribution in [1.29, 1.82) is 0 Å². The number of hydrogen-bond acceptors (Lipinski definition) is 2. The molecule has 1 heterocycles. The Morgan fingerprint density at radius 3 is 2.64 bits per heavy atom. The maximum atomic E-state index is 13.5. The summed E-state index contributed by atoms with van der Waals surface area (Å²) in [5, 5.41) is 0. The number of halogens is 4. The Balaban J connectivity index is 1.76. The molecule has 0 fully saturated rings. The van der Waals surface area contributed by atoms with Gasteiger partial charge in [-0.15, -0.1) is 0 Å². The van der Waals surface area contributed by atoms with E-state index in [0.717, 1.165) is 12.1 Å². The van der Waals surface area contributed by atoms with Crippen molar-refractivity contribution in [2.75, 3.05) is 18.1 Å². The number of aryl methyl sites for hydroxylation is 1. The molecule has 3 rings (SSSR count). The summed E-state index contributed by atoms with van der Waals surface area (Å²) in [6.45, 7) is -0.000769. The van der Waals surface area contributed by atoms with E-state index in [4.69, 9.17) is 4.74 Å². The van der Waals surface area contributed by atoms with Crippen molar-refractivity contribution in [2.24, 2.45) is 0 Å². The molecule has 0 saturated carbocycles. The molecule has 7 heteroatoms. The highest BCUT2D eigenvalue weighted by molar-refractivity contribution is 5.95. The van der Waals surface area contributed by atoms with Gasteiger partial charge < -0.3 is 9.64 Å². The first kappa shape index (κ1) is 17.3. The molecular weight excluding hydrogens is 338 g/mol. The van der Waals surface area contributed by atoms with Crippen LogP contribution in [0.1, 0.15) is 17.5 Å². The minimum atomic E-state index is -4.42. The predicted octanol–water partition coefficient (Wildman–Crippen LogP) is 4.20. The molecule has 2 aromatic rings. The van der Waals surface area contributed by atoms with Crippen molar-refractivity contribution in [2.45, 2.75) is 19.0 Å². The molecule has 2 aromatic carbocycles. The summed E-state index contributed by atoms with van der Waals surface area (Å²) in [5.41, 5.74) is 0.185. The van der Waals surface area contributed by atoms with Crippen LogP contribution in [0.2, 0.25) is 0 Å². The molecule has 0 spiro atoms. The van der Waals surface area contributed by atoms with Gasteiger partial charge in [-0.05, 0) is 48.7 Å². The number of amides is 1. The van der Waals surface area contributed by atoms with Gasteiger partial charge in [0.1, 0.15) is 0 Å². The zero-order valence-corrected chi connectivity index (χ0v) is 13.1. The summed E-state index contributed by atoms with van der Waals surface area (Å²) in [5.74, 6) is -1.05. The van der Waals surface area contributed by atoms with Gasteiger partial charge in [-0.3, -0.25) is 4.79 Å². The molecule has 0 bridgehead atoms. The van der Waals surface area contributed by atoms with Crippen molar-refractivity contribution in [3.63, 3.8) is 0 Å². The smallest absolute Gasteiger partial charge is 0.416 e. The molecule has 1 aliphatic heterocycles. The van der Waals surface area contributed by atoms with Gasteiger partial charge in [-0.2, -0.15) is 13.2 Å². The third-order valence-corrected chi connectivity index (χ3v) is 4.01. The van der Waals surface area contributed by atoms with Gasteiger partial charge in [-0.25, -0.2) is 4.39 Å². The highest BCUT2D eigenvalue weighted by atomic mass is 19.4. The van der Waals surface area contributed by atoms with Gasteiger partial charge >= 0.3 is 6.18 Å². The monoisotopic (exact) mass is 353 g/mol. The molecule has 0 aromatic heterocycles. The van der Waals surface area contributed by atoms with Gasteiger partial charge in [0, 0.05) is 12.2 Å². The average molecular weight is 353 g/mol. The molecule has 0 atom stereocenters. The summed E-state index contributed by atoms with van der Waals surface area (Å²) in [7, 11) is 0. The van der Waals surface area contributed by atoms with Gasteiger partial charge in [0.15, 0.2) is 18.2 Å². The highest BCUT2D eigenvalue weighted by Crippen LogP contribution is 2.35. The van der Waals surface area contributed by atoms with E-state index in [1.165, 1.54) is 29.2 Å². The number of carbonyl (C=O) groups excluding carboxylic acids is 1. The first-order valence-electron chi connectivity index (χ1n) is 7.74. The Labute approximate surface area is 141 Å². The van der Waals surface area contributed by atoms with Crippen LogP contribution in [0.4, 0.5) is 23.2 Å². The molecular formula is C18H15F4NO2. The lowest BCUT2D eigenvalue weighted by Crippen LogP contribution is -2.38. The lowest BCUT2D eigenvalue weighted by atomic mass is 9.99. The SMILES string of the molecule is O=C(COc1ccccc1F)N1CCCc2cc(C(F)(F)F)ccc21. The van der Waals surface area contributed by atoms with E-state index in [9.17, 15) is 22.4 Å². The summed E-state index contributed by atoms with van der Waals surface area (Å²) >= 11 is 0. The van der Waals surface area contributed by atoms with E-state index >= 15 is 0 Å². The standard InChI is InChI=1S/C18H15F4NO2/c19-14-5-1-2-6-16(14)25-11-17(24)23-9-3-4-12-10-13(18(20,21)22)7-8-15(12)23/h1-2,5-8,10H,3-4,9,11H2. The van der Waals surface area contributed by atoms with E-state index in [-0.39, 0.29) is 12.4 Å². The van der Waals surface area contributed by atoms with Crippen LogP contribution in [0.3, 0.4) is 0 Å². The van der Waals surface area contributed by atoms with Crippen LogP contribution >= 0.6 is 0 Å². The second kappa shape index (κ2) is 6.74. The zero-order valence-electron chi connectivity index (χ0n) is 13.1. The number of para-hydroxylation sites is 1. The Bertz CT molecular complexity index is 789. The van der Waals surface area contributed by atoms with Crippen molar-refractivity contribution in [3.05, 3.63) is 59.4 Å². The zero-order chi connectivity index (χ0) is 18.0. The number of rotatable bonds is 3. The Kier molecular flexibility index (Phi) is 4.65. The number of alkyl halides is 3. The fourth-order valence-electron chi connectivity index (χ4n) is 2.81. The number of hydrogen-bond donors (Lipinski definition) is 0. The maximum Gasteiger partial charge on any atom is 0.416 e. The van der Waals surface area contributed by atoms with Crippen molar-refractivity contribution < 1.29 is 27.1 Å². The van der Waals surface area contributed by atoms with Crippen molar-refractivity contribution in [1.82, 2.24) is 0 Å². The lowest BCUT2D eigenvalue weighted by molar-refractivity contribution is -0.137. The van der Waals surface area contributed by atoms with Crippen LogP contribution < -0.4 is 9.64 Å². The Morgan fingerprint density at radius 1 is 1.16 bits per heavy atom. The highest BCUT2D eigenvalue weighted by Gasteiger charge is 2.32. The lowest BCUT2D eigenvalue weighted by Gasteiger charge is -2.30. The molecule has 0 unspecified atom stereocenters. The second-order valence-electron chi connectivity index (χ2n) is 5.71. The maximum absolute atomic E-state index is 13.5. The molecule has 0 radical (unpaired) electrons. The average Bonchev–Trinajstić information content (AvgIpc) is 2.59. The number of nitrogens with zero attached hydrogens (tertiary/aromatic N) is 1. The fraction of sp³-hybridized carbons (Fsp3) is 0.278. The van der Waals surface area contributed by atoms with Crippen LogP contribution in [-0.2, 0) is 17.4 Å². The van der Waals surface area contributed by atoms with E-state index in [1.807, 2.05) is 0 Å². The van der Waals surface area contributed by atoms with E-state index in [2.05, 4.69) is 0 Å².